The Hall–Kier alpha value is -2.61. The maximum atomic E-state index is 10.5. The summed E-state index contributed by atoms with van der Waals surface area (Å²) in [6.45, 7) is 0. The zero-order valence-corrected chi connectivity index (χ0v) is 13.1. The number of non-ortho nitro benzene ring substituents is 1. The number of nitrogens with zero attached hydrogens (tertiary/aromatic N) is 2. The normalized spacial score (nSPS) is 10.6. The first-order valence-electron chi connectivity index (χ1n) is 6.12. The zero-order valence-electron chi connectivity index (χ0n) is 11.5. The second-order valence-corrected chi connectivity index (χ2v) is 4.99. The first kappa shape index (κ1) is 15.8. The molecule has 2 aromatic rings. The van der Waals surface area contributed by atoms with Gasteiger partial charge in [-0.3, -0.25) is 15.5 Å². The van der Waals surface area contributed by atoms with Gasteiger partial charge in [0.15, 0.2) is 11.5 Å². The van der Waals surface area contributed by atoms with Crippen LogP contribution in [0.5, 0.6) is 11.5 Å². The fourth-order valence-corrected chi connectivity index (χ4v) is 2.09. The maximum Gasteiger partial charge on any atom is 0.269 e. The SMILES string of the molecule is COc1ccc(/C=N/Nc2ccc([N+](=O)[O-])cc2)c(Br)c1O. The molecule has 0 amide bonds. The van der Waals surface area contributed by atoms with Crippen molar-refractivity contribution in [2.75, 3.05) is 12.5 Å². The average Bonchev–Trinajstić information content (AvgIpc) is 2.52. The van der Waals surface area contributed by atoms with Gasteiger partial charge in [-0.15, -0.1) is 0 Å². The molecule has 0 aliphatic heterocycles. The Morgan fingerprint density at radius 3 is 2.59 bits per heavy atom. The van der Waals surface area contributed by atoms with Gasteiger partial charge >= 0.3 is 0 Å². The van der Waals surface area contributed by atoms with Crippen molar-refractivity contribution in [2.45, 2.75) is 0 Å². The van der Waals surface area contributed by atoms with E-state index in [2.05, 4.69) is 26.5 Å². The minimum absolute atomic E-state index is 0.0114. The van der Waals surface area contributed by atoms with E-state index in [1.165, 1.54) is 25.5 Å². The lowest BCUT2D eigenvalue weighted by atomic mass is 10.2. The lowest BCUT2D eigenvalue weighted by molar-refractivity contribution is -0.384. The van der Waals surface area contributed by atoms with Crippen LogP contribution in [-0.4, -0.2) is 23.4 Å². The van der Waals surface area contributed by atoms with Gasteiger partial charge in [0.1, 0.15) is 0 Å². The van der Waals surface area contributed by atoms with Gasteiger partial charge in [0.25, 0.3) is 5.69 Å². The van der Waals surface area contributed by atoms with E-state index in [1.807, 2.05) is 0 Å². The molecule has 114 valence electrons. The second kappa shape index (κ2) is 6.90. The lowest BCUT2D eigenvalue weighted by Gasteiger charge is -2.07. The van der Waals surface area contributed by atoms with Crippen LogP contribution in [0, 0.1) is 10.1 Å². The van der Waals surface area contributed by atoms with Crippen LogP contribution in [-0.2, 0) is 0 Å². The largest absolute Gasteiger partial charge is 0.503 e. The number of nitro benzene ring substituents is 1. The minimum atomic E-state index is -0.468. The third-order valence-corrected chi connectivity index (χ3v) is 3.64. The molecule has 7 nitrogen and oxygen atoms in total. The number of phenolic OH excluding ortho intramolecular Hbond substituents is 1. The molecular formula is C14H12BrN3O4. The van der Waals surface area contributed by atoms with E-state index in [1.54, 1.807) is 24.3 Å². The summed E-state index contributed by atoms with van der Waals surface area (Å²) >= 11 is 3.26. The van der Waals surface area contributed by atoms with E-state index in [0.717, 1.165) is 0 Å². The average molecular weight is 366 g/mol. The van der Waals surface area contributed by atoms with Crippen molar-refractivity contribution in [3.8, 4) is 11.5 Å². The Morgan fingerprint density at radius 2 is 2.00 bits per heavy atom. The van der Waals surface area contributed by atoms with Crippen molar-refractivity contribution in [2.24, 2.45) is 5.10 Å². The van der Waals surface area contributed by atoms with Gasteiger partial charge < -0.3 is 9.84 Å². The minimum Gasteiger partial charge on any atom is -0.503 e. The smallest absolute Gasteiger partial charge is 0.269 e. The van der Waals surface area contributed by atoms with Crippen molar-refractivity contribution in [3.63, 3.8) is 0 Å². The number of ether oxygens (including phenoxy) is 1. The number of hydrogen-bond donors (Lipinski definition) is 2. The van der Waals surface area contributed by atoms with Gasteiger partial charge in [-0.25, -0.2) is 0 Å². The van der Waals surface area contributed by atoms with Crippen LogP contribution in [0.1, 0.15) is 5.56 Å². The monoisotopic (exact) mass is 365 g/mol. The molecule has 0 heterocycles. The molecule has 0 aliphatic rings. The molecule has 0 saturated carbocycles. The number of hydrazone groups is 1. The predicted molar refractivity (Wildman–Crippen MR) is 86.7 cm³/mol. The molecule has 2 rings (SSSR count). The molecule has 0 fully saturated rings. The Morgan fingerprint density at radius 1 is 1.32 bits per heavy atom. The highest BCUT2D eigenvalue weighted by Gasteiger charge is 2.09. The third-order valence-electron chi connectivity index (χ3n) is 2.80. The molecule has 0 radical (unpaired) electrons. The van der Waals surface area contributed by atoms with Crippen molar-refractivity contribution >= 4 is 33.5 Å². The molecule has 0 atom stereocenters. The summed E-state index contributed by atoms with van der Waals surface area (Å²) in [6, 6.07) is 9.21. The van der Waals surface area contributed by atoms with Crippen LogP contribution in [0.2, 0.25) is 0 Å². The molecule has 22 heavy (non-hydrogen) atoms. The molecule has 0 aliphatic carbocycles. The molecule has 0 aromatic heterocycles. The Kier molecular flexibility index (Phi) is 4.95. The van der Waals surface area contributed by atoms with Gasteiger partial charge in [-0.1, -0.05) is 0 Å². The van der Waals surface area contributed by atoms with Crippen LogP contribution >= 0.6 is 15.9 Å². The van der Waals surface area contributed by atoms with E-state index in [0.29, 0.717) is 21.5 Å². The summed E-state index contributed by atoms with van der Waals surface area (Å²) in [5.74, 6) is 0.342. The summed E-state index contributed by atoms with van der Waals surface area (Å²) in [4.78, 5) is 10.1. The summed E-state index contributed by atoms with van der Waals surface area (Å²) in [7, 11) is 1.46. The Bertz CT molecular complexity index is 717. The molecule has 0 spiro atoms. The lowest BCUT2D eigenvalue weighted by Crippen LogP contribution is -1.93. The number of aromatic hydroxyl groups is 1. The van der Waals surface area contributed by atoms with Crippen LogP contribution in [0.3, 0.4) is 0 Å². The molecular weight excluding hydrogens is 354 g/mol. The number of nitro groups is 1. The van der Waals surface area contributed by atoms with Crippen molar-refractivity contribution in [1.29, 1.82) is 0 Å². The zero-order chi connectivity index (χ0) is 16.1. The molecule has 0 unspecified atom stereocenters. The van der Waals surface area contributed by atoms with E-state index in [9.17, 15) is 15.2 Å². The number of hydrogen-bond acceptors (Lipinski definition) is 6. The Balaban J connectivity index is 2.09. The van der Waals surface area contributed by atoms with Crippen molar-refractivity contribution in [1.82, 2.24) is 0 Å². The first-order chi connectivity index (χ1) is 10.5. The number of rotatable bonds is 5. The van der Waals surface area contributed by atoms with Crippen LogP contribution in [0.4, 0.5) is 11.4 Å². The number of halogens is 1. The fourth-order valence-electron chi connectivity index (χ4n) is 1.66. The van der Waals surface area contributed by atoms with Crippen LogP contribution in [0.25, 0.3) is 0 Å². The van der Waals surface area contributed by atoms with Gasteiger partial charge in [-0.2, -0.15) is 5.10 Å². The summed E-state index contributed by atoms with van der Waals surface area (Å²) < 4.78 is 5.45. The third kappa shape index (κ3) is 3.53. The number of benzene rings is 2. The number of nitrogens with one attached hydrogen (secondary N) is 1. The topological polar surface area (TPSA) is 97.0 Å². The maximum absolute atomic E-state index is 10.5. The molecule has 2 aromatic carbocycles. The van der Waals surface area contributed by atoms with Gasteiger partial charge in [0, 0.05) is 17.7 Å². The summed E-state index contributed by atoms with van der Waals surface area (Å²) in [5.41, 5.74) is 4.01. The van der Waals surface area contributed by atoms with Crippen LogP contribution in [0.15, 0.2) is 46.0 Å². The number of methoxy groups -OCH3 is 1. The number of anilines is 1. The second-order valence-electron chi connectivity index (χ2n) is 4.19. The molecule has 8 heteroatoms. The van der Waals surface area contributed by atoms with E-state index in [4.69, 9.17) is 4.74 Å². The van der Waals surface area contributed by atoms with Gasteiger partial charge in [0.2, 0.25) is 0 Å². The van der Waals surface area contributed by atoms with Crippen molar-refractivity contribution < 1.29 is 14.8 Å². The van der Waals surface area contributed by atoms with E-state index < -0.39 is 4.92 Å². The van der Waals surface area contributed by atoms with Crippen molar-refractivity contribution in [3.05, 3.63) is 56.5 Å². The van der Waals surface area contributed by atoms with Gasteiger partial charge in [-0.05, 0) is 40.2 Å². The summed E-state index contributed by atoms with van der Waals surface area (Å²) in [6.07, 6.45) is 1.50. The fraction of sp³-hybridized carbons (Fsp3) is 0.0714. The Labute approximate surface area is 134 Å². The predicted octanol–water partition coefficient (Wildman–Crippen LogP) is 3.52. The van der Waals surface area contributed by atoms with Crippen LogP contribution < -0.4 is 10.2 Å². The highest BCUT2D eigenvalue weighted by atomic mass is 79.9. The molecule has 0 saturated heterocycles. The van der Waals surface area contributed by atoms with E-state index in [-0.39, 0.29) is 11.4 Å². The quantitative estimate of drug-likeness (QED) is 0.480. The highest BCUT2D eigenvalue weighted by Crippen LogP contribution is 2.35. The standard InChI is InChI=1S/C14H12BrN3O4/c1-22-12-7-2-9(13(15)14(12)19)8-16-17-10-3-5-11(6-4-10)18(20)21/h2-8,17,19H,1H3/b16-8+. The first-order valence-corrected chi connectivity index (χ1v) is 6.91. The highest BCUT2D eigenvalue weighted by molar-refractivity contribution is 9.10. The molecule has 2 N–H and O–H groups in total. The number of phenols is 1. The molecule has 0 bridgehead atoms. The van der Waals surface area contributed by atoms with E-state index >= 15 is 0 Å². The van der Waals surface area contributed by atoms with Gasteiger partial charge in [0.05, 0.1) is 28.4 Å². The summed E-state index contributed by atoms with van der Waals surface area (Å²) in [5, 5.41) is 24.4.